The van der Waals surface area contributed by atoms with Crippen LogP contribution < -0.4 is 10.6 Å². The fraction of sp³-hybridized carbons (Fsp3) is 0.400. The predicted molar refractivity (Wildman–Crippen MR) is 76.6 cm³/mol. The van der Waals surface area contributed by atoms with Crippen LogP contribution in [-0.2, 0) is 25.5 Å². The minimum Gasteiger partial charge on any atom is -0.454 e. The lowest BCUT2D eigenvalue weighted by atomic mass is 10.1. The molecule has 0 spiro atoms. The molecule has 0 aromatic heterocycles. The molecule has 0 saturated carbocycles. The Morgan fingerprint density at radius 3 is 2.62 bits per heavy atom. The average molecular weight is 290 g/mol. The van der Waals surface area contributed by atoms with E-state index in [1.54, 1.807) is 12.1 Å². The van der Waals surface area contributed by atoms with Crippen LogP contribution in [0, 0.1) is 0 Å². The summed E-state index contributed by atoms with van der Waals surface area (Å²) in [6.45, 7) is 1.69. The van der Waals surface area contributed by atoms with Gasteiger partial charge in [-0.3, -0.25) is 9.59 Å². The van der Waals surface area contributed by atoms with E-state index >= 15 is 0 Å². The summed E-state index contributed by atoms with van der Waals surface area (Å²) < 4.78 is 4.89. The minimum atomic E-state index is -0.630. The Labute approximate surface area is 122 Å². The first-order valence-corrected chi connectivity index (χ1v) is 6.93. The lowest BCUT2D eigenvalue weighted by Crippen LogP contribution is -2.36. The number of carbonyl (C=O) groups excluding carboxylic acids is 3. The van der Waals surface area contributed by atoms with E-state index in [9.17, 15) is 14.4 Å². The Morgan fingerprint density at radius 1 is 1.33 bits per heavy atom. The number of nitrogens with one attached hydrogen (secondary N) is 2. The smallest absolute Gasteiger partial charge is 0.329 e. The molecule has 21 heavy (non-hydrogen) atoms. The van der Waals surface area contributed by atoms with E-state index in [2.05, 4.69) is 17.6 Å². The number of benzene rings is 1. The Kier molecular flexibility index (Phi) is 4.92. The quantitative estimate of drug-likeness (QED) is 0.793. The van der Waals surface area contributed by atoms with Crippen LogP contribution in [0.25, 0.3) is 0 Å². The number of amides is 2. The third kappa shape index (κ3) is 4.30. The summed E-state index contributed by atoms with van der Waals surface area (Å²) in [5.41, 5.74) is 1.83. The van der Waals surface area contributed by atoms with Gasteiger partial charge in [-0.05, 0) is 30.5 Å². The van der Waals surface area contributed by atoms with Crippen molar-refractivity contribution in [3.8, 4) is 0 Å². The molecule has 1 aliphatic heterocycles. The number of esters is 1. The van der Waals surface area contributed by atoms with E-state index in [1.165, 1.54) is 5.56 Å². The predicted octanol–water partition coefficient (Wildman–Crippen LogP) is 1.01. The normalized spacial score (nSPS) is 17.2. The number of hydrogen-bond acceptors (Lipinski definition) is 4. The maximum absolute atomic E-state index is 11.7. The molecule has 0 bridgehead atoms. The van der Waals surface area contributed by atoms with Crippen molar-refractivity contribution in [1.82, 2.24) is 5.32 Å². The molecule has 0 radical (unpaired) electrons. The van der Waals surface area contributed by atoms with Gasteiger partial charge in [0.15, 0.2) is 6.61 Å². The van der Waals surface area contributed by atoms with Gasteiger partial charge in [-0.25, -0.2) is 4.79 Å². The summed E-state index contributed by atoms with van der Waals surface area (Å²) in [5, 5.41) is 5.14. The van der Waals surface area contributed by atoms with Crippen molar-refractivity contribution < 1.29 is 19.1 Å². The van der Waals surface area contributed by atoms with Gasteiger partial charge in [-0.15, -0.1) is 0 Å². The molecule has 6 nitrogen and oxygen atoms in total. The van der Waals surface area contributed by atoms with E-state index in [0.29, 0.717) is 18.5 Å². The van der Waals surface area contributed by atoms with Gasteiger partial charge in [0, 0.05) is 12.1 Å². The van der Waals surface area contributed by atoms with Gasteiger partial charge in [0.1, 0.15) is 6.04 Å². The number of rotatable bonds is 5. The Hall–Kier alpha value is -2.37. The minimum absolute atomic E-state index is 0.169. The number of hydrogen-bond donors (Lipinski definition) is 2. The van der Waals surface area contributed by atoms with Crippen molar-refractivity contribution in [2.24, 2.45) is 0 Å². The van der Waals surface area contributed by atoms with Crippen molar-refractivity contribution in [3.63, 3.8) is 0 Å². The van der Waals surface area contributed by atoms with Crippen molar-refractivity contribution >= 4 is 23.5 Å². The summed E-state index contributed by atoms with van der Waals surface area (Å²) in [6, 6.07) is 6.82. The highest BCUT2D eigenvalue weighted by atomic mass is 16.5. The molecule has 0 unspecified atom stereocenters. The van der Waals surface area contributed by atoms with Crippen LogP contribution in [0.5, 0.6) is 0 Å². The monoisotopic (exact) mass is 290 g/mol. The summed E-state index contributed by atoms with van der Waals surface area (Å²) in [7, 11) is 0. The Morgan fingerprint density at radius 2 is 2.05 bits per heavy atom. The van der Waals surface area contributed by atoms with Crippen LogP contribution in [0.4, 0.5) is 5.69 Å². The highest BCUT2D eigenvalue weighted by Crippen LogP contribution is 2.10. The van der Waals surface area contributed by atoms with Gasteiger partial charge in [-0.1, -0.05) is 19.1 Å². The van der Waals surface area contributed by atoms with Gasteiger partial charge in [0.05, 0.1) is 0 Å². The molecule has 0 aliphatic carbocycles. The zero-order valence-corrected chi connectivity index (χ0v) is 11.8. The molecule has 1 aromatic carbocycles. The summed E-state index contributed by atoms with van der Waals surface area (Å²) >= 11 is 0. The molecule has 1 fully saturated rings. The molecule has 2 amide bonds. The molecule has 1 heterocycles. The fourth-order valence-corrected chi connectivity index (χ4v) is 2.05. The molecule has 1 atom stereocenters. The first-order chi connectivity index (χ1) is 10.1. The lowest BCUT2D eigenvalue weighted by Gasteiger charge is -2.10. The lowest BCUT2D eigenvalue weighted by molar-refractivity contribution is -0.149. The van der Waals surface area contributed by atoms with Crippen LogP contribution in [-0.4, -0.2) is 30.4 Å². The van der Waals surface area contributed by atoms with E-state index in [1.807, 2.05) is 12.1 Å². The molecule has 1 aliphatic rings. The van der Waals surface area contributed by atoms with Crippen molar-refractivity contribution in [1.29, 1.82) is 0 Å². The third-order valence-corrected chi connectivity index (χ3v) is 3.27. The number of anilines is 1. The molecule has 112 valence electrons. The van der Waals surface area contributed by atoms with Crippen LogP contribution in [0.15, 0.2) is 24.3 Å². The number of carbonyl (C=O) groups is 3. The van der Waals surface area contributed by atoms with Crippen LogP contribution in [0.1, 0.15) is 25.3 Å². The average Bonchev–Trinajstić information content (AvgIpc) is 2.92. The summed E-state index contributed by atoms with van der Waals surface area (Å²) in [4.78, 5) is 34.3. The van der Waals surface area contributed by atoms with E-state index < -0.39 is 17.9 Å². The van der Waals surface area contributed by atoms with Crippen LogP contribution in [0.2, 0.25) is 0 Å². The highest BCUT2D eigenvalue weighted by molar-refractivity contribution is 5.94. The standard InChI is InChI=1S/C15H18N2O4/c1-2-10-3-5-11(6-4-10)16-14(19)9-21-15(20)12-7-8-13(18)17-12/h3-6,12H,2,7-9H2,1H3,(H,16,19)(H,17,18)/t12-/m1/s1. The maximum atomic E-state index is 11.7. The van der Waals surface area contributed by atoms with Gasteiger partial charge in [0.2, 0.25) is 5.91 Å². The Bertz CT molecular complexity index is 539. The van der Waals surface area contributed by atoms with Gasteiger partial charge in [-0.2, -0.15) is 0 Å². The molecule has 1 aromatic rings. The molecule has 2 N–H and O–H groups in total. The molecular weight excluding hydrogens is 272 g/mol. The molecule has 2 rings (SSSR count). The van der Waals surface area contributed by atoms with Crippen LogP contribution in [0.3, 0.4) is 0 Å². The van der Waals surface area contributed by atoms with Crippen molar-refractivity contribution in [3.05, 3.63) is 29.8 Å². The van der Waals surface area contributed by atoms with Gasteiger partial charge < -0.3 is 15.4 Å². The maximum Gasteiger partial charge on any atom is 0.329 e. The zero-order valence-electron chi connectivity index (χ0n) is 11.8. The van der Waals surface area contributed by atoms with E-state index in [4.69, 9.17) is 4.74 Å². The van der Waals surface area contributed by atoms with E-state index in [-0.39, 0.29) is 12.5 Å². The van der Waals surface area contributed by atoms with Crippen molar-refractivity contribution in [2.75, 3.05) is 11.9 Å². The van der Waals surface area contributed by atoms with Gasteiger partial charge in [0.25, 0.3) is 5.91 Å². The second-order valence-corrected chi connectivity index (χ2v) is 4.87. The fourth-order valence-electron chi connectivity index (χ4n) is 2.05. The first-order valence-electron chi connectivity index (χ1n) is 6.93. The first kappa shape index (κ1) is 15.0. The molecule has 6 heteroatoms. The largest absolute Gasteiger partial charge is 0.454 e. The SMILES string of the molecule is CCc1ccc(NC(=O)COC(=O)[C@H]2CCC(=O)N2)cc1. The third-order valence-electron chi connectivity index (χ3n) is 3.27. The number of ether oxygens (including phenoxy) is 1. The van der Waals surface area contributed by atoms with Gasteiger partial charge >= 0.3 is 5.97 Å². The van der Waals surface area contributed by atoms with E-state index in [0.717, 1.165) is 6.42 Å². The van der Waals surface area contributed by atoms with Crippen LogP contribution >= 0.6 is 0 Å². The topological polar surface area (TPSA) is 84.5 Å². The highest BCUT2D eigenvalue weighted by Gasteiger charge is 2.28. The molecule has 1 saturated heterocycles. The summed E-state index contributed by atoms with van der Waals surface area (Å²) in [6.07, 6.45) is 1.66. The Balaban J connectivity index is 1.76. The second-order valence-electron chi connectivity index (χ2n) is 4.87. The zero-order chi connectivity index (χ0) is 15.2. The second kappa shape index (κ2) is 6.88. The molecular formula is C15H18N2O4. The van der Waals surface area contributed by atoms with Crippen molar-refractivity contribution in [2.45, 2.75) is 32.2 Å². The summed E-state index contributed by atoms with van der Waals surface area (Å²) in [5.74, 6) is -1.15. The number of aryl methyl sites for hydroxylation is 1.